The summed E-state index contributed by atoms with van der Waals surface area (Å²) in [5.74, 6) is 5.74. The van der Waals surface area contributed by atoms with Crippen molar-refractivity contribution in [3.8, 4) is 11.5 Å². The number of hydrogen-bond acceptors (Lipinski definition) is 2. The third-order valence-corrected chi connectivity index (χ3v) is 1.97. The molecule has 0 atom stereocenters. The predicted octanol–water partition coefficient (Wildman–Crippen LogP) is 1.74. The van der Waals surface area contributed by atoms with Gasteiger partial charge in [0.2, 0.25) is 0 Å². The average molecular weight is 144 g/mol. The Morgan fingerprint density at radius 2 is 1.56 bits per heavy atom. The largest absolute Gasteiger partial charge is 0.493 e. The van der Waals surface area contributed by atoms with Crippen LogP contribution < -0.4 is 9.47 Å². The molecule has 0 aromatic carbocycles. The van der Waals surface area contributed by atoms with Crippen LogP contribution in [0.4, 0.5) is 0 Å². The predicted molar refractivity (Wildman–Crippen MR) is 39.0 cm³/mol. The summed E-state index contributed by atoms with van der Waals surface area (Å²) in [6.45, 7) is 0. The molecular formula is C6H9O2P. The summed E-state index contributed by atoms with van der Waals surface area (Å²) in [4.78, 5) is 0. The quantitative estimate of drug-likeness (QED) is 0.629. The molecule has 2 nitrogen and oxygen atoms in total. The van der Waals surface area contributed by atoms with Gasteiger partial charge in [0, 0.05) is 11.6 Å². The molecule has 0 fully saturated rings. The molecule has 0 aliphatic rings. The second kappa shape index (κ2) is 2.79. The first-order chi connectivity index (χ1) is 4.38. The number of methoxy groups -OCH3 is 2. The van der Waals surface area contributed by atoms with Crippen LogP contribution >= 0.6 is 8.19 Å². The van der Waals surface area contributed by atoms with Gasteiger partial charge in [-0.1, -0.05) is 0 Å². The van der Waals surface area contributed by atoms with E-state index in [9.17, 15) is 0 Å². The van der Waals surface area contributed by atoms with E-state index in [1.54, 1.807) is 14.2 Å². The summed E-state index contributed by atoms with van der Waals surface area (Å²) in [6.07, 6.45) is 0. The Kier molecular flexibility index (Phi) is 2.01. The molecule has 9 heavy (non-hydrogen) atoms. The fourth-order valence-electron chi connectivity index (χ4n) is 0.654. The second-order valence-corrected chi connectivity index (χ2v) is 2.50. The van der Waals surface area contributed by atoms with Crippen LogP contribution in [0.25, 0.3) is 0 Å². The molecule has 0 radical (unpaired) electrons. The first-order valence-corrected chi connectivity index (χ1v) is 3.78. The van der Waals surface area contributed by atoms with E-state index in [0.717, 1.165) is 11.5 Å². The Morgan fingerprint density at radius 1 is 1.11 bits per heavy atom. The van der Waals surface area contributed by atoms with Gasteiger partial charge in [-0.25, -0.2) is 0 Å². The van der Waals surface area contributed by atoms with Gasteiger partial charge >= 0.3 is 0 Å². The molecule has 1 rings (SSSR count). The Labute approximate surface area is 55.9 Å². The van der Waals surface area contributed by atoms with Gasteiger partial charge in [-0.3, -0.25) is 0 Å². The van der Waals surface area contributed by atoms with Gasteiger partial charge in [0.1, 0.15) is 0 Å². The highest BCUT2D eigenvalue weighted by Crippen LogP contribution is 2.32. The van der Waals surface area contributed by atoms with Crippen molar-refractivity contribution in [3.63, 3.8) is 0 Å². The average Bonchev–Trinajstić information content (AvgIpc) is 2.33. The van der Waals surface area contributed by atoms with E-state index < -0.39 is 0 Å². The maximum Gasteiger partial charge on any atom is 0.164 e. The normalized spacial score (nSPS) is 9.11. The van der Waals surface area contributed by atoms with Gasteiger partial charge < -0.3 is 9.47 Å². The fourth-order valence-corrected chi connectivity index (χ4v) is 1.56. The van der Waals surface area contributed by atoms with Gasteiger partial charge in [-0.15, -0.1) is 8.19 Å². The van der Waals surface area contributed by atoms with E-state index in [1.807, 2.05) is 11.6 Å². The molecule has 0 saturated carbocycles. The highest BCUT2D eigenvalue weighted by Gasteiger charge is 1.99. The molecule has 0 saturated heterocycles. The molecule has 0 unspecified atom stereocenters. The Morgan fingerprint density at radius 3 is 1.89 bits per heavy atom. The van der Waals surface area contributed by atoms with Crippen LogP contribution in [-0.2, 0) is 0 Å². The van der Waals surface area contributed by atoms with E-state index in [-0.39, 0.29) is 0 Å². The first kappa shape index (κ1) is 6.50. The van der Waals surface area contributed by atoms with E-state index >= 15 is 0 Å². The standard InChI is InChI=1S/C6H9O2P/c1-7-5-3-9-4-6(5)8-2/h3-4,9H,1-2H3. The molecule has 0 bridgehead atoms. The number of rotatable bonds is 2. The zero-order valence-electron chi connectivity index (χ0n) is 5.47. The molecule has 1 aromatic rings. The van der Waals surface area contributed by atoms with Crippen LogP contribution in [0, 0.1) is 0 Å². The van der Waals surface area contributed by atoms with Crippen molar-refractivity contribution in [2.24, 2.45) is 0 Å². The molecule has 0 amide bonds. The van der Waals surface area contributed by atoms with Crippen molar-refractivity contribution in [3.05, 3.63) is 11.6 Å². The molecular weight excluding hydrogens is 135 g/mol. The van der Waals surface area contributed by atoms with Crippen LogP contribution in [0.1, 0.15) is 0 Å². The molecule has 1 aromatic heterocycles. The van der Waals surface area contributed by atoms with Gasteiger partial charge in [-0.05, 0) is 0 Å². The van der Waals surface area contributed by atoms with Crippen LogP contribution in [0.15, 0.2) is 11.6 Å². The van der Waals surface area contributed by atoms with Crippen molar-refractivity contribution in [2.45, 2.75) is 0 Å². The molecule has 50 valence electrons. The lowest BCUT2D eigenvalue weighted by Gasteiger charge is -1.98. The van der Waals surface area contributed by atoms with E-state index in [2.05, 4.69) is 0 Å². The molecule has 0 N–H and O–H groups in total. The van der Waals surface area contributed by atoms with Gasteiger partial charge in [0.05, 0.1) is 14.2 Å². The minimum absolute atomic E-state index is 0.709. The maximum absolute atomic E-state index is 4.99. The third kappa shape index (κ3) is 1.19. The summed E-state index contributed by atoms with van der Waals surface area (Å²) < 4.78 is 9.98. The van der Waals surface area contributed by atoms with Crippen LogP contribution in [0.2, 0.25) is 0 Å². The molecule has 3 heteroatoms. The highest BCUT2D eigenvalue weighted by molar-refractivity contribution is 7.28. The summed E-state index contributed by atoms with van der Waals surface area (Å²) in [7, 11) is 4.00. The third-order valence-electron chi connectivity index (χ3n) is 1.11. The highest BCUT2D eigenvalue weighted by atomic mass is 31.0. The first-order valence-electron chi connectivity index (χ1n) is 2.63. The monoisotopic (exact) mass is 144 g/mol. The van der Waals surface area contributed by atoms with Crippen LogP contribution in [0.5, 0.6) is 11.5 Å². The lowest BCUT2D eigenvalue weighted by atomic mass is 10.5. The van der Waals surface area contributed by atoms with E-state index in [1.165, 1.54) is 0 Å². The maximum atomic E-state index is 4.99. The summed E-state index contributed by atoms with van der Waals surface area (Å²) in [5.41, 5.74) is 0. The zero-order chi connectivity index (χ0) is 6.69. The number of ether oxygens (including phenoxy) is 2. The van der Waals surface area contributed by atoms with Crippen molar-refractivity contribution < 1.29 is 9.47 Å². The van der Waals surface area contributed by atoms with Crippen LogP contribution in [-0.4, -0.2) is 14.2 Å². The Balaban J connectivity index is 2.85. The van der Waals surface area contributed by atoms with E-state index in [0.29, 0.717) is 8.19 Å². The van der Waals surface area contributed by atoms with Crippen molar-refractivity contribution in [2.75, 3.05) is 14.2 Å². The minimum Gasteiger partial charge on any atom is -0.493 e. The lowest BCUT2D eigenvalue weighted by molar-refractivity contribution is 0.358. The zero-order valence-corrected chi connectivity index (χ0v) is 6.47. The van der Waals surface area contributed by atoms with E-state index in [4.69, 9.17) is 9.47 Å². The van der Waals surface area contributed by atoms with Gasteiger partial charge in [0.25, 0.3) is 0 Å². The summed E-state index contributed by atoms with van der Waals surface area (Å²) in [5, 5.41) is 0. The van der Waals surface area contributed by atoms with Crippen molar-refractivity contribution in [1.29, 1.82) is 0 Å². The van der Waals surface area contributed by atoms with Crippen molar-refractivity contribution in [1.82, 2.24) is 0 Å². The SMILES string of the molecule is COc1c[pH]cc1OC. The van der Waals surface area contributed by atoms with Gasteiger partial charge in [0.15, 0.2) is 11.5 Å². The molecule has 0 spiro atoms. The lowest BCUT2D eigenvalue weighted by Crippen LogP contribution is -1.84. The summed E-state index contributed by atoms with van der Waals surface area (Å²) in [6, 6.07) is 0. The fraction of sp³-hybridized carbons (Fsp3) is 0.333. The van der Waals surface area contributed by atoms with Gasteiger partial charge in [-0.2, -0.15) is 0 Å². The second-order valence-electron chi connectivity index (χ2n) is 1.59. The summed E-state index contributed by atoms with van der Waals surface area (Å²) >= 11 is 0. The molecule has 1 heterocycles. The van der Waals surface area contributed by atoms with Crippen molar-refractivity contribution >= 4 is 8.19 Å². The van der Waals surface area contributed by atoms with Crippen LogP contribution in [0.3, 0.4) is 0 Å². The molecule has 0 aliphatic heterocycles. The Bertz CT molecular complexity index is 164. The number of hydrogen-bond donors (Lipinski definition) is 0. The minimum atomic E-state index is 0.709. The molecule has 0 aliphatic carbocycles. The topological polar surface area (TPSA) is 18.5 Å². The smallest absolute Gasteiger partial charge is 0.164 e. The Hall–Kier alpha value is -0.620.